The predicted octanol–water partition coefficient (Wildman–Crippen LogP) is 2.08. The molecule has 154 valence electrons. The molecule has 0 spiro atoms. The molecule has 10 heteroatoms. The topological polar surface area (TPSA) is 125 Å². The van der Waals surface area contributed by atoms with Crippen LogP contribution < -0.4 is 10.9 Å². The summed E-state index contributed by atoms with van der Waals surface area (Å²) in [4.78, 5) is 40.9. The van der Waals surface area contributed by atoms with Gasteiger partial charge in [0.2, 0.25) is 11.9 Å². The molecule has 30 heavy (non-hydrogen) atoms. The van der Waals surface area contributed by atoms with Crippen LogP contribution in [0.25, 0.3) is 5.95 Å². The van der Waals surface area contributed by atoms with Crippen molar-refractivity contribution in [1.29, 1.82) is 0 Å². The first kappa shape index (κ1) is 19.5. The predicted molar refractivity (Wildman–Crippen MR) is 109 cm³/mol. The van der Waals surface area contributed by atoms with Crippen LogP contribution in [0, 0.1) is 24.0 Å². The highest BCUT2D eigenvalue weighted by molar-refractivity contribution is 5.91. The van der Waals surface area contributed by atoms with E-state index < -0.39 is 10.8 Å². The van der Waals surface area contributed by atoms with E-state index in [1.165, 1.54) is 22.8 Å². The Labute approximate surface area is 171 Å². The monoisotopic (exact) mass is 408 g/mol. The van der Waals surface area contributed by atoms with Crippen LogP contribution in [0.15, 0.2) is 35.1 Å². The van der Waals surface area contributed by atoms with Gasteiger partial charge in [-0.15, -0.1) is 0 Å². The van der Waals surface area contributed by atoms with Crippen molar-refractivity contribution in [3.8, 4) is 5.95 Å². The van der Waals surface area contributed by atoms with Gasteiger partial charge in [0.15, 0.2) is 0 Å². The molecule has 1 amide bonds. The number of carbonyl (C=O) groups is 1. The lowest BCUT2D eigenvalue weighted by Gasteiger charge is -2.15. The number of aromatic nitrogens is 4. The zero-order chi connectivity index (χ0) is 21.4. The Kier molecular flexibility index (Phi) is 4.90. The Morgan fingerprint density at radius 3 is 2.77 bits per heavy atom. The molecule has 0 saturated carbocycles. The van der Waals surface area contributed by atoms with Gasteiger partial charge < -0.3 is 5.32 Å². The second-order valence-electron chi connectivity index (χ2n) is 7.28. The number of fused-ring (bicyclic) bond motifs is 1. The average molecular weight is 408 g/mol. The Balaban J connectivity index is 1.71. The molecular formula is C20H20N6O4. The number of nitrogens with one attached hydrogen (secondary N) is 1. The molecule has 1 aromatic carbocycles. The van der Waals surface area contributed by atoms with Gasteiger partial charge in [0.05, 0.1) is 16.3 Å². The summed E-state index contributed by atoms with van der Waals surface area (Å²) in [5.74, 6) is -0.194. The van der Waals surface area contributed by atoms with Crippen LogP contribution in [-0.4, -0.2) is 30.2 Å². The van der Waals surface area contributed by atoms with Crippen molar-refractivity contribution in [3.05, 3.63) is 73.4 Å². The number of hydrogen-bond donors (Lipinski definition) is 1. The number of aryl methyl sites for hydroxylation is 3. The molecule has 1 N–H and O–H groups in total. The number of benzene rings is 1. The first-order chi connectivity index (χ1) is 14.3. The maximum absolute atomic E-state index is 13.1. The summed E-state index contributed by atoms with van der Waals surface area (Å²) in [5, 5.41) is 18.0. The fraction of sp³-hybridized carbons (Fsp3) is 0.300. The molecule has 0 fully saturated rings. The number of amides is 1. The second kappa shape index (κ2) is 7.54. The van der Waals surface area contributed by atoms with Crippen molar-refractivity contribution < 1.29 is 9.72 Å². The zero-order valence-corrected chi connectivity index (χ0v) is 16.6. The van der Waals surface area contributed by atoms with E-state index in [0.717, 1.165) is 29.9 Å². The number of rotatable bonds is 5. The van der Waals surface area contributed by atoms with Gasteiger partial charge in [0, 0.05) is 29.1 Å². The molecule has 3 aromatic rings. The van der Waals surface area contributed by atoms with Gasteiger partial charge in [-0.05, 0) is 45.2 Å². The SMILES string of the molecule is Cc1cc(C)n(-c2nc3c(c(=O)n2CC(=O)Nc2cccc([N+](=O)[O-])c2)CCC3)n1. The molecule has 1 aliphatic carbocycles. The van der Waals surface area contributed by atoms with E-state index in [1.54, 1.807) is 10.7 Å². The average Bonchev–Trinajstić information content (AvgIpc) is 3.30. The minimum Gasteiger partial charge on any atom is -0.324 e. The number of nitro groups is 1. The van der Waals surface area contributed by atoms with Gasteiger partial charge >= 0.3 is 0 Å². The van der Waals surface area contributed by atoms with E-state index in [1.807, 2.05) is 19.9 Å². The largest absolute Gasteiger partial charge is 0.324 e. The summed E-state index contributed by atoms with van der Waals surface area (Å²) >= 11 is 0. The van der Waals surface area contributed by atoms with Gasteiger partial charge in [-0.3, -0.25) is 24.3 Å². The standard InChI is InChI=1S/C20H20N6O4/c1-12-9-13(2)25(23-12)20-22-17-8-4-7-16(17)19(28)24(20)11-18(27)21-14-5-3-6-15(10-14)26(29)30/h3,5-6,9-10H,4,7-8,11H2,1-2H3,(H,21,27). The number of hydrogen-bond acceptors (Lipinski definition) is 6. The van der Waals surface area contributed by atoms with Crippen LogP contribution in [-0.2, 0) is 24.2 Å². The Hall–Kier alpha value is -3.82. The van der Waals surface area contributed by atoms with Crippen LogP contribution in [0.1, 0.15) is 29.1 Å². The molecule has 0 radical (unpaired) electrons. The maximum Gasteiger partial charge on any atom is 0.271 e. The maximum atomic E-state index is 13.1. The highest BCUT2D eigenvalue weighted by atomic mass is 16.6. The van der Waals surface area contributed by atoms with E-state index in [-0.39, 0.29) is 23.5 Å². The normalized spacial score (nSPS) is 12.6. The van der Waals surface area contributed by atoms with Gasteiger partial charge in [-0.25, -0.2) is 9.67 Å². The molecular weight excluding hydrogens is 388 g/mol. The summed E-state index contributed by atoms with van der Waals surface area (Å²) < 4.78 is 2.88. The molecule has 2 aromatic heterocycles. The van der Waals surface area contributed by atoms with Crippen LogP contribution in [0.5, 0.6) is 0 Å². The number of carbonyl (C=O) groups excluding carboxylic acids is 1. The molecule has 0 aliphatic heterocycles. The van der Waals surface area contributed by atoms with Crippen molar-refractivity contribution in [2.75, 3.05) is 5.32 Å². The summed E-state index contributed by atoms with van der Waals surface area (Å²) in [6, 6.07) is 7.51. The third kappa shape index (κ3) is 3.59. The van der Waals surface area contributed by atoms with E-state index in [0.29, 0.717) is 17.9 Å². The molecule has 0 saturated heterocycles. The summed E-state index contributed by atoms with van der Waals surface area (Å²) in [5.41, 5.74) is 2.84. The fourth-order valence-electron chi connectivity index (χ4n) is 3.69. The quantitative estimate of drug-likeness (QED) is 0.509. The molecule has 0 bridgehead atoms. The van der Waals surface area contributed by atoms with Gasteiger partial charge in [0.1, 0.15) is 6.54 Å². The smallest absolute Gasteiger partial charge is 0.271 e. The van der Waals surface area contributed by atoms with Crippen molar-refractivity contribution in [2.45, 2.75) is 39.7 Å². The third-order valence-corrected chi connectivity index (χ3v) is 5.01. The Bertz CT molecular complexity index is 1230. The van der Waals surface area contributed by atoms with Gasteiger partial charge in [-0.1, -0.05) is 6.07 Å². The Morgan fingerprint density at radius 2 is 2.07 bits per heavy atom. The third-order valence-electron chi connectivity index (χ3n) is 5.01. The van der Waals surface area contributed by atoms with Crippen LogP contribution in [0.2, 0.25) is 0 Å². The number of anilines is 1. The first-order valence-electron chi connectivity index (χ1n) is 9.54. The Morgan fingerprint density at radius 1 is 1.27 bits per heavy atom. The molecule has 2 heterocycles. The lowest BCUT2D eigenvalue weighted by Crippen LogP contribution is -2.34. The molecule has 0 atom stereocenters. The van der Waals surface area contributed by atoms with E-state index in [4.69, 9.17) is 0 Å². The molecule has 4 rings (SSSR count). The minimum absolute atomic E-state index is 0.132. The van der Waals surface area contributed by atoms with E-state index >= 15 is 0 Å². The second-order valence-corrected chi connectivity index (χ2v) is 7.28. The van der Waals surface area contributed by atoms with Crippen molar-refractivity contribution in [3.63, 3.8) is 0 Å². The molecule has 0 unspecified atom stereocenters. The number of nitrogens with zero attached hydrogens (tertiary/aromatic N) is 5. The number of nitro benzene ring substituents is 1. The van der Waals surface area contributed by atoms with Crippen molar-refractivity contribution >= 4 is 17.3 Å². The number of non-ortho nitro benzene ring substituents is 1. The lowest BCUT2D eigenvalue weighted by molar-refractivity contribution is -0.384. The lowest BCUT2D eigenvalue weighted by atomic mass is 10.2. The van der Waals surface area contributed by atoms with Crippen LogP contribution in [0.4, 0.5) is 11.4 Å². The van der Waals surface area contributed by atoms with Gasteiger partial charge in [0.25, 0.3) is 11.2 Å². The van der Waals surface area contributed by atoms with Crippen molar-refractivity contribution in [1.82, 2.24) is 19.3 Å². The highest BCUT2D eigenvalue weighted by Gasteiger charge is 2.24. The molecule has 10 nitrogen and oxygen atoms in total. The van der Waals surface area contributed by atoms with Crippen LogP contribution >= 0.6 is 0 Å². The fourth-order valence-corrected chi connectivity index (χ4v) is 3.69. The minimum atomic E-state index is -0.536. The zero-order valence-electron chi connectivity index (χ0n) is 16.6. The van der Waals surface area contributed by atoms with E-state index in [2.05, 4.69) is 15.4 Å². The van der Waals surface area contributed by atoms with Gasteiger partial charge in [-0.2, -0.15) is 5.10 Å². The molecule has 1 aliphatic rings. The van der Waals surface area contributed by atoms with Crippen molar-refractivity contribution in [2.24, 2.45) is 0 Å². The highest BCUT2D eigenvalue weighted by Crippen LogP contribution is 2.20. The van der Waals surface area contributed by atoms with Crippen LogP contribution in [0.3, 0.4) is 0 Å². The van der Waals surface area contributed by atoms with E-state index in [9.17, 15) is 19.7 Å². The summed E-state index contributed by atoms with van der Waals surface area (Å²) in [7, 11) is 0. The summed E-state index contributed by atoms with van der Waals surface area (Å²) in [6.07, 6.45) is 2.20. The summed E-state index contributed by atoms with van der Waals surface area (Å²) in [6.45, 7) is 3.41. The first-order valence-corrected chi connectivity index (χ1v) is 9.54.